The van der Waals surface area contributed by atoms with E-state index in [2.05, 4.69) is 0 Å². The fraction of sp³-hybridized carbons (Fsp3) is 0.143. The second kappa shape index (κ2) is 2.57. The van der Waals surface area contributed by atoms with Crippen molar-refractivity contribution in [2.75, 3.05) is 0 Å². The average Bonchev–Trinajstić information content (AvgIpc) is 1.94. The maximum atomic E-state index is 10.6. The van der Waals surface area contributed by atoms with Gasteiger partial charge in [-0.25, -0.2) is 0 Å². The van der Waals surface area contributed by atoms with Gasteiger partial charge < -0.3 is 5.11 Å². The maximum absolute atomic E-state index is 10.6. The van der Waals surface area contributed by atoms with Gasteiger partial charge in [0.25, 0.3) is 5.69 Å². The normalized spacial score (nSPS) is 9.55. The van der Waals surface area contributed by atoms with Crippen LogP contribution in [0, 0.1) is 17.0 Å². The third kappa shape index (κ3) is 1.46. The molecule has 0 aliphatic heterocycles. The average molecular weight is 152 g/mol. The quantitative estimate of drug-likeness (QED) is 0.445. The summed E-state index contributed by atoms with van der Waals surface area (Å²) in [7, 11) is 0. The highest BCUT2D eigenvalue weighted by atomic mass is 16.6. The van der Waals surface area contributed by atoms with E-state index in [0.717, 1.165) is 6.07 Å². The van der Waals surface area contributed by atoms with Crippen LogP contribution < -0.4 is 5.11 Å². The van der Waals surface area contributed by atoms with Gasteiger partial charge in [-0.1, -0.05) is 12.1 Å². The minimum atomic E-state index is -0.559. The number of rotatable bonds is 1. The number of benzene rings is 1. The topological polar surface area (TPSA) is 66.2 Å². The Kier molecular flexibility index (Phi) is 1.76. The van der Waals surface area contributed by atoms with Crippen molar-refractivity contribution >= 4 is 5.69 Å². The van der Waals surface area contributed by atoms with Crippen LogP contribution in [0.3, 0.4) is 0 Å². The van der Waals surface area contributed by atoms with Gasteiger partial charge in [0.05, 0.1) is 4.92 Å². The fourth-order valence-electron chi connectivity index (χ4n) is 0.786. The molecule has 0 amide bonds. The van der Waals surface area contributed by atoms with Crippen molar-refractivity contribution in [1.82, 2.24) is 0 Å². The smallest absolute Gasteiger partial charge is 0.271 e. The van der Waals surface area contributed by atoms with Crippen molar-refractivity contribution in [1.29, 1.82) is 0 Å². The van der Waals surface area contributed by atoms with E-state index >= 15 is 0 Å². The molecular weight excluding hydrogens is 146 g/mol. The molecule has 0 heterocycles. The highest BCUT2D eigenvalue weighted by molar-refractivity contribution is 5.43. The van der Waals surface area contributed by atoms with E-state index in [1.807, 2.05) is 0 Å². The van der Waals surface area contributed by atoms with Crippen molar-refractivity contribution in [3.8, 4) is 5.75 Å². The summed E-state index contributed by atoms with van der Waals surface area (Å²) in [5.74, 6) is -0.331. The first-order valence-corrected chi connectivity index (χ1v) is 3.03. The monoisotopic (exact) mass is 152 g/mol. The van der Waals surface area contributed by atoms with Crippen LogP contribution in [0.5, 0.6) is 5.75 Å². The zero-order valence-electron chi connectivity index (χ0n) is 5.90. The zero-order valence-corrected chi connectivity index (χ0v) is 5.90. The molecule has 0 bridgehead atoms. The van der Waals surface area contributed by atoms with Crippen molar-refractivity contribution in [3.63, 3.8) is 0 Å². The molecular formula is C7H6NO3-. The third-order valence-corrected chi connectivity index (χ3v) is 1.38. The lowest BCUT2D eigenvalue weighted by atomic mass is 10.2. The molecule has 0 atom stereocenters. The van der Waals surface area contributed by atoms with Gasteiger partial charge in [-0.05, 0) is 6.92 Å². The number of nitrogens with zero attached hydrogens (tertiary/aromatic N) is 1. The largest absolute Gasteiger partial charge is 0.872 e. The van der Waals surface area contributed by atoms with Crippen LogP contribution in [0.1, 0.15) is 5.56 Å². The second-order valence-electron chi connectivity index (χ2n) is 2.21. The molecule has 4 nitrogen and oxygen atoms in total. The molecule has 0 radical (unpaired) electrons. The number of hydrogen-bond acceptors (Lipinski definition) is 3. The van der Waals surface area contributed by atoms with Crippen molar-refractivity contribution in [2.24, 2.45) is 0 Å². The predicted molar refractivity (Wildman–Crippen MR) is 37.3 cm³/mol. The molecule has 0 N–H and O–H groups in total. The molecule has 0 aromatic heterocycles. The Morgan fingerprint density at radius 3 is 2.55 bits per heavy atom. The van der Waals surface area contributed by atoms with Gasteiger partial charge in [-0.2, -0.15) is 0 Å². The molecule has 0 spiro atoms. The van der Waals surface area contributed by atoms with Crippen LogP contribution >= 0.6 is 0 Å². The lowest BCUT2D eigenvalue weighted by Crippen LogP contribution is -1.95. The first-order chi connectivity index (χ1) is 5.11. The van der Waals surface area contributed by atoms with Crippen LogP contribution in [0.25, 0.3) is 0 Å². The number of nitro benzene ring substituents is 1. The van der Waals surface area contributed by atoms with Gasteiger partial charge in [-0.15, -0.1) is 5.75 Å². The van der Waals surface area contributed by atoms with Crippen LogP contribution in [-0.4, -0.2) is 4.92 Å². The summed E-state index contributed by atoms with van der Waals surface area (Å²) >= 11 is 0. The molecule has 58 valence electrons. The van der Waals surface area contributed by atoms with E-state index in [1.54, 1.807) is 6.92 Å². The van der Waals surface area contributed by atoms with Crippen LogP contribution in [0.4, 0.5) is 5.69 Å². The van der Waals surface area contributed by atoms with Crippen molar-refractivity contribution in [3.05, 3.63) is 33.9 Å². The predicted octanol–water partition coefficient (Wildman–Crippen LogP) is 0.977. The number of hydrogen-bond donors (Lipinski definition) is 0. The van der Waals surface area contributed by atoms with E-state index in [0.29, 0.717) is 5.56 Å². The molecule has 1 aromatic carbocycles. The van der Waals surface area contributed by atoms with Crippen LogP contribution in [0.15, 0.2) is 18.2 Å². The minimum absolute atomic E-state index is 0.113. The van der Waals surface area contributed by atoms with Crippen molar-refractivity contribution in [2.45, 2.75) is 6.92 Å². The maximum Gasteiger partial charge on any atom is 0.271 e. The minimum Gasteiger partial charge on any atom is -0.872 e. The molecule has 0 aliphatic rings. The van der Waals surface area contributed by atoms with E-state index in [-0.39, 0.29) is 11.4 Å². The van der Waals surface area contributed by atoms with Gasteiger partial charge >= 0.3 is 0 Å². The fourth-order valence-corrected chi connectivity index (χ4v) is 0.786. The Hall–Kier alpha value is -1.58. The molecule has 0 saturated heterocycles. The first-order valence-electron chi connectivity index (χ1n) is 3.03. The standard InChI is InChI=1S/C7H7NO3/c1-5-2-3-6(9)4-7(5)8(10)11/h2-4,9H,1H3/p-1. The summed E-state index contributed by atoms with van der Waals surface area (Å²) in [6.07, 6.45) is 0. The zero-order chi connectivity index (χ0) is 8.43. The highest BCUT2D eigenvalue weighted by Gasteiger charge is 2.07. The first kappa shape index (κ1) is 7.53. The summed E-state index contributed by atoms with van der Waals surface area (Å²) in [6, 6.07) is 3.78. The van der Waals surface area contributed by atoms with Crippen LogP contribution in [0.2, 0.25) is 0 Å². The Bertz CT molecular complexity index is 296. The van der Waals surface area contributed by atoms with Crippen molar-refractivity contribution < 1.29 is 10.0 Å². The summed E-state index contributed by atoms with van der Waals surface area (Å²) in [4.78, 5) is 9.68. The second-order valence-corrected chi connectivity index (χ2v) is 2.21. The van der Waals surface area contributed by atoms with Gasteiger partial charge in [0, 0.05) is 11.6 Å². The Morgan fingerprint density at radius 2 is 2.09 bits per heavy atom. The summed E-state index contributed by atoms with van der Waals surface area (Å²) < 4.78 is 0. The lowest BCUT2D eigenvalue weighted by Gasteiger charge is -2.04. The summed E-state index contributed by atoms with van der Waals surface area (Å²) in [5.41, 5.74) is 0.395. The molecule has 4 heteroatoms. The number of aryl methyl sites for hydroxylation is 1. The Labute approximate surface area is 63.2 Å². The van der Waals surface area contributed by atoms with E-state index < -0.39 is 4.92 Å². The Morgan fingerprint density at radius 1 is 1.45 bits per heavy atom. The van der Waals surface area contributed by atoms with E-state index in [9.17, 15) is 15.2 Å². The van der Waals surface area contributed by atoms with Gasteiger partial charge in [0.1, 0.15) is 0 Å². The number of nitro groups is 1. The molecule has 0 unspecified atom stereocenters. The van der Waals surface area contributed by atoms with Crippen LogP contribution in [-0.2, 0) is 0 Å². The molecule has 1 rings (SSSR count). The molecule has 11 heavy (non-hydrogen) atoms. The SMILES string of the molecule is Cc1ccc([O-])cc1[N+](=O)[O-]. The molecule has 1 aromatic rings. The lowest BCUT2D eigenvalue weighted by molar-refractivity contribution is -0.386. The highest BCUT2D eigenvalue weighted by Crippen LogP contribution is 2.20. The van der Waals surface area contributed by atoms with Gasteiger partial charge in [0.2, 0.25) is 0 Å². The molecule has 0 fully saturated rings. The molecule has 0 aliphatic carbocycles. The van der Waals surface area contributed by atoms with Gasteiger partial charge in [-0.3, -0.25) is 10.1 Å². The van der Waals surface area contributed by atoms with E-state index in [1.165, 1.54) is 12.1 Å². The summed E-state index contributed by atoms with van der Waals surface area (Å²) in [6.45, 7) is 1.59. The Balaban J connectivity index is 3.23. The third-order valence-electron chi connectivity index (χ3n) is 1.38. The summed E-state index contributed by atoms with van der Waals surface area (Å²) in [5, 5.41) is 20.9. The molecule has 0 saturated carbocycles. The van der Waals surface area contributed by atoms with Gasteiger partial charge in [0.15, 0.2) is 0 Å². The van der Waals surface area contributed by atoms with E-state index in [4.69, 9.17) is 0 Å².